The van der Waals surface area contributed by atoms with Gasteiger partial charge in [-0.05, 0) is 29.8 Å². The van der Waals surface area contributed by atoms with E-state index in [1.54, 1.807) is 42.7 Å². The van der Waals surface area contributed by atoms with E-state index in [-0.39, 0.29) is 22.1 Å². The molecule has 0 unspecified atom stereocenters. The predicted octanol–water partition coefficient (Wildman–Crippen LogP) is 4.02. The number of rotatable bonds is 3. The summed E-state index contributed by atoms with van der Waals surface area (Å²) in [4.78, 5) is 20.6. The quantitative estimate of drug-likeness (QED) is 0.841. The molecule has 0 radical (unpaired) electrons. The van der Waals surface area contributed by atoms with Crippen molar-refractivity contribution in [1.29, 1.82) is 0 Å². The number of aliphatic hydroxyl groups is 1. The van der Waals surface area contributed by atoms with Gasteiger partial charge in [0.2, 0.25) is 0 Å². The largest absolute Gasteiger partial charge is 0.506 e. The molecule has 2 heterocycles. The van der Waals surface area contributed by atoms with E-state index in [1.807, 2.05) is 0 Å². The fourth-order valence-corrected chi connectivity index (χ4v) is 3.18. The minimum atomic E-state index is -0.741. The Bertz CT molecular complexity index is 908. The number of methoxy groups -OCH3 is 1. The molecular formula is C18H13FN2O3S. The molecule has 1 N–H and O–H groups in total. The number of thioether (sulfide) groups is 1. The Kier molecular flexibility index (Phi) is 4.95. The monoisotopic (exact) mass is 356 g/mol. The summed E-state index contributed by atoms with van der Waals surface area (Å²) in [6.07, 6.45) is 4.91. The van der Waals surface area contributed by atoms with E-state index in [4.69, 9.17) is 4.74 Å². The van der Waals surface area contributed by atoms with Crippen molar-refractivity contribution in [2.75, 3.05) is 7.11 Å². The summed E-state index contributed by atoms with van der Waals surface area (Å²) in [7, 11) is 1.21. The third-order valence-electron chi connectivity index (χ3n) is 3.34. The summed E-state index contributed by atoms with van der Waals surface area (Å²) in [5.41, 5.74) is 0.723. The van der Waals surface area contributed by atoms with Crippen LogP contribution in [0.3, 0.4) is 0 Å². The van der Waals surface area contributed by atoms with Gasteiger partial charge in [-0.1, -0.05) is 30.0 Å². The third-order valence-corrected chi connectivity index (χ3v) is 4.36. The fourth-order valence-electron chi connectivity index (χ4n) is 2.16. The van der Waals surface area contributed by atoms with Crippen LogP contribution in [0.2, 0.25) is 0 Å². The first-order valence-electron chi connectivity index (χ1n) is 7.25. The van der Waals surface area contributed by atoms with E-state index in [1.165, 1.54) is 19.2 Å². The molecule has 126 valence electrons. The molecular weight excluding hydrogens is 343 g/mol. The van der Waals surface area contributed by atoms with Crippen LogP contribution >= 0.6 is 11.8 Å². The third kappa shape index (κ3) is 3.61. The van der Waals surface area contributed by atoms with Gasteiger partial charge in [-0.2, -0.15) is 0 Å². The van der Waals surface area contributed by atoms with Crippen molar-refractivity contribution in [2.24, 2.45) is 4.99 Å². The van der Waals surface area contributed by atoms with Crippen molar-refractivity contribution in [2.45, 2.75) is 0 Å². The lowest BCUT2D eigenvalue weighted by Gasteiger charge is -2.02. The zero-order chi connectivity index (χ0) is 17.8. The fraction of sp³-hybridized carbons (Fsp3) is 0.0556. The minimum Gasteiger partial charge on any atom is -0.506 e. The maximum atomic E-state index is 13.9. The van der Waals surface area contributed by atoms with E-state index >= 15 is 0 Å². The van der Waals surface area contributed by atoms with Gasteiger partial charge in [0.1, 0.15) is 27.9 Å². The van der Waals surface area contributed by atoms with Gasteiger partial charge >= 0.3 is 5.97 Å². The van der Waals surface area contributed by atoms with Crippen molar-refractivity contribution < 1.29 is 19.0 Å². The number of hydrogen-bond acceptors (Lipinski definition) is 6. The minimum absolute atomic E-state index is 0.0711. The van der Waals surface area contributed by atoms with Gasteiger partial charge < -0.3 is 9.84 Å². The lowest BCUT2D eigenvalue weighted by molar-refractivity contribution is -0.135. The number of carbonyl (C=O) groups excluding carboxylic acids is 1. The maximum Gasteiger partial charge on any atom is 0.344 e. The van der Waals surface area contributed by atoms with Crippen LogP contribution in [0.4, 0.5) is 10.1 Å². The Labute approximate surface area is 147 Å². The Morgan fingerprint density at radius 2 is 2.12 bits per heavy atom. The van der Waals surface area contributed by atoms with Crippen LogP contribution in [0.15, 0.2) is 70.0 Å². The summed E-state index contributed by atoms with van der Waals surface area (Å²) in [6, 6.07) is 9.49. The number of pyridine rings is 1. The van der Waals surface area contributed by atoms with Crippen molar-refractivity contribution in [3.05, 3.63) is 76.4 Å². The number of ether oxygens (including phenoxy) is 1. The first-order valence-corrected chi connectivity index (χ1v) is 8.07. The molecule has 1 aliphatic heterocycles. The molecule has 1 aliphatic rings. The second-order valence-corrected chi connectivity index (χ2v) is 6.01. The summed E-state index contributed by atoms with van der Waals surface area (Å²) >= 11 is 1.06. The van der Waals surface area contributed by atoms with E-state index in [0.717, 1.165) is 17.3 Å². The molecule has 0 fully saturated rings. The van der Waals surface area contributed by atoms with Crippen molar-refractivity contribution in [1.82, 2.24) is 4.98 Å². The Morgan fingerprint density at radius 1 is 1.32 bits per heavy atom. The number of aliphatic imine (C=N–C) groups is 1. The Balaban J connectivity index is 2.07. The normalized spacial score (nSPS) is 17.4. The number of benzene rings is 1. The Hall–Kier alpha value is -2.93. The zero-order valence-electron chi connectivity index (χ0n) is 13.1. The number of hydrogen-bond donors (Lipinski definition) is 1. The number of para-hydroxylation sites is 1. The van der Waals surface area contributed by atoms with E-state index in [0.29, 0.717) is 4.91 Å². The first kappa shape index (κ1) is 16.9. The predicted molar refractivity (Wildman–Crippen MR) is 95.0 cm³/mol. The molecule has 0 atom stereocenters. The van der Waals surface area contributed by atoms with Crippen LogP contribution < -0.4 is 0 Å². The van der Waals surface area contributed by atoms with Gasteiger partial charge in [0.15, 0.2) is 0 Å². The van der Waals surface area contributed by atoms with Crippen molar-refractivity contribution in [3.8, 4) is 0 Å². The zero-order valence-corrected chi connectivity index (χ0v) is 14.0. The van der Waals surface area contributed by atoms with E-state index in [2.05, 4.69) is 9.98 Å². The molecule has 3 rings (SSSR count). The average Bonchev–Trinajstić information content (AvgIpc) is 2.92. The molecule has 2 aromatic rings. The van der Waals surface area contributed by atoms with Gasteiger partial charge in [-0.3, -0.25) is 4.98 Å². The second kappa shape index (κ2) is 7.31. The van der Waals surface area contributed by atoms with Gasteiger partial charge in [-0.15, -0.1) is 0 Å². The maximum absolute atomic E-state index is 13.9. The number of carbonyl (C=O) groups is 1. The van der Waals surface area contributed by atoms with Crippen LogP contribution in [0.25, 0.3) is 6.08 Å². The molecule has 0 saturated carbocycles. The van der Waals surface area contributed by atoms with Gasteiger partial charge in [0.05, 0.1) is 12.0 Å². The van der Waals surface area contributed by atoms with Crippen LogP contribution in [0, 0.1) is 5.82 Å². The highest BCUT2D eigenvalue weighted by atomic mass is 32.2. The van der Waals surface area contributed by atoms with E-state index in [9.17, 15) is 14.3 Å². The molecule has 0 spiro atoms. The highest BCUT2D eigenvalue weighted by Crippen LogP contribution is 2.40. The van der Waals surface area contributed by atoms with Crippen LogP contribution in [-0.2, 0) is 9.53 Å². The summed E-state index contributed by atoms with van der Waals surface area (Å²) in [5, 5.41) is 10.6. The number of halogens is 1. The molecule has 25 heavy (non-hydrogen) atoms. The number of esters is 1. The van der Waals surface area contributed by atoms with Crippen LogP contribution in [-0.4, -0.2) is 28.2 Å². The van der Waals surface area contributed by atoms with Crippen molar-refractivity contribution >= 4 is 34.5 Å². The summed E-state index contributed by atoms with van der Waals surface area (Å²) in [6.45, 7) is 0. The molecule has 0 amide bonds. The highest BCUT2D eigenvalue weighted by molar-refractivity contribution is 8.18. The SMILES string of the molecule is COC(=O)C1=C(O)/C(=C\c2cccnc2)SC1=Nc1ccccc1F. The topological polar surface area (TPSA) is 71.8 Å². The van der Waals surface area contributed by atoms with Crippen LogP contribution in [0.5, 0.6) is 0 Å². The lowest BCUT2D eigenvalue weighted by Crippen LogP contribution is -2.10. The summed E-state index contributed by atoms with van der Waals surface area (Å²) < 4.78 is 18.6. The smallest absolute Gasteiger partial charge is 0.344 e. The number of nitrogens with zero attached hydrogens (tertiary/aromatic N) is 2. The molecule has 1 aromatic heterocycles. The molecule has 7 heteroatoms. The lowest BCUT2D eigenvalue weighted by atomic mass is 10.2. The highest BCUT2D eigenvalue weighted by Gasteiger charge is 2.33. The van der Waals surface area contributed by atoms with Gasteiger partial charge in [0, 0.05) is 12.4 Å². The van der Waals surface area contributed by atoms with Gasteiger partial charge in [-0.25, -0.2) is 14.2 Å². The van der Waals surface area contributed by atoms with Gasteiger partial charge in [0.25, 0.3) is 0 Å². The Morgan fingerprint density at radius 3 is 2.80 bits per heavy atom. The molecule has 0 aliphatic carbocycles. The van der Waals surface area contributed by atoms with Crippen LogP contribution in [0.1, 0.15) is 5.56 Å². The summed E-state index contributed by atoms with van der Waals surface area (Å²) in [5.74, 6) is -1.52. The first-order chi connectivity index (χ1) is 12.1. The second-order valence-electron chi connectivity index (χ2n) is 4.98. The average molecular weight is 356 g/mol. The van der Waals surface area contributed by atoms with Crippen molar-refractivity contribution in [3.63, 3.8) is 0 Å². The molecule has 0 saturated heterocycles. The molecule has 1 aromatic carbocycles. The standard InChI is InChI=1S/C18H13FN2O3S/c1-24-18(23)15-16(22)14(9-11-5-4-8-20-10-11)25-17(15)21-13-7-3-2-6-12(13)19/h2-10,22H,1H3/b14-9+,21-17?. The van der Waals surface area contributed by atoms with E-state index < -0.39 is 11.8 Å². The number of aliphatic hydroxyl groups excluding tert-OH is 1. The number of aromatic nitrogens is 1. The molecule has 5 nitrogen and oxygen atoms in total. The molecule has 0 bridgehead atoms.